The van der Waals surface area contributed by atoms with Crippen molar-refractivity contribution in [3.05, 3.63) is 41.5 Å². The minimum atomic E-state index is 0.583. The molecule has 0 aromatic heterocycles. The van der Waals surface area contributed by atoms with Crippen LogP contribution in [0.25, 0.3) is 6.08 Å². The third-order valence-corrected chi connectivity index (χ3v) is 2.44. The fraction of sp³-hybridized carbons (Fsp3) is 0.467. The molecule has 1 aromatic rings. The summed E-state index contributed by atoms with van der Waals surface area (Å²) in [7, 11) is 0. The molecule has 0 aliphatic rings. The van der Waals surface area contributed by atoms with Crippen molar-refractivity contribution in [1.82, 2.24) is 0 Å². The molecule has 0 heterocycles. The van der Waals surface area contributed by atoms with Crippen molar-refractivity contribution in [2.24, 2.45) is 0 Å². The Hall–Kier alpha value is -1.04. The lowest BCUT2D eigenvalue weighted by Gasteiger charge is -2.13. The SMILES string of the molecule is C=Cc1c(CC)cccc1C(C)C.CC. The average molecular weight is 204 g/mol. The molecular formula is C15H24. The standard InChI is InChI=1S/C13H18.C2H6/c1-5-11-8-7-9-13(10(3)4)12(11)6-2;1-2/h6-10H,2,5H2,1,3-4H3;1-2H3. The minimum absolute atomic E-state index is 0.583. The number of hydrogen-bond donors (Lipinski definition) is 0. The van der Waals surface area contributed by atoms with Crippen LogP contribution in [0, 0.1) is 0 Å². The number of rotatable bonds is 3. The summed E-state index contributed by atoms with van der Waals surface area (Å²) < 4.78 is 0. The molecule has 0 bridgehead atoms. The summed E-state index contributed by atoms with van der Waals surface area (Å²) in [5.41, 5.74) is 4.15. The summed E-state index contributed by atoms with van der Waals surface area (Å²) in [5.74, 6) is 0.583. The van der Waals surface area contributed by atoms with Crippen LogP contribution in [0.4, 0.5) is 0 Å². The van der Waals surface area contributed by atoms with Gasteiger partial charge in [-0.05, 0) is 29.0 Å². The molecule has 0 saturated carbocycles. The first kappa shape index (κ1) is 14.0. The molecule has 0 nitrogen and oxygen atoms in total. The van der Waals surface area contributed by atoms with Crippen LogP contribution in [0.3, 0.4) is 0 Å². The molecule has 1 rings (SSSR count). The second-order valence-electron chi connectivity index (χ2n) is 3.63. The normalized spacial score (nSPS) is 9.47. The van der Waals surface area contributed by atoms with Crippen LogP contribution in [0.15, 0.2) is 24.8 Å². The van der Waals surface area contributed by atoms with E-state index in [1.165, 1.54) is 16.7 Å². The predicted octanol–water partition coefficient (Wildman–Crippen LogP) is 5.04. The lowest BCUT2D eigenvalue weighted by Crippen LogP contribution is -1.96. The first-order valence-corrected chi connectivity index (χ1v) is 5.94. The van der Waals surface area contributed by atoms with Crippen LogP contribution in [0.1, 0.15) is 57.2 Å². The largest absolute Gasteiger partial charge is 0.0984 e. The van der Waals surface area contributed by atoms with Gasteiger partial charge in [0.15, 0.2) is 0 Å². The molecule has 0 N–H and O–H groups in total. The quantitative estimate of drug-likeness (QED) is 0.647. The van der Waals surface area contributed by atoms with Gasteiger partial charge in [-0.3, -0.25) is 0 Å². The molecule has 15 heavy (non-hydrogen) atoms. The fourth-order valence-corrected chi connectivity index (χ4v) is 1.69. The third-order valence-electron chi connectivity index (χ3n) is 2.44. The summed E-state index contributed by atoms with van der Waals surface area (Å²) in [6, 6.07) is 6.52. The van der Waals surface area contributed by atoms with Crippen LogP contribution in [0.2, 0.25) is 0 Å². The van der Waals surface area contributed by atoms with E-state index in [0.717, 1.165) is 6.42 Å². The summed E-state index contributed by atoms with van der Waals surface area (Å²) in [6.45, 7) is 14.5. The topological polar surface area (TPSA) is 0 Å². The van der Waals surface area contributed by atoms with Crippen LogP contribution >= 0.6 is 0 Å². The number of benzene rings is 1. The Balaban J connectivity index is 0.000000921. The molecule has 0 spiro atoms. The highest BCUT2D eigenvalue weighted by molar-refractivity contribution is 5.57. The Morgan fingerprint density at radius 3 is 2.27 bits per heavy atom. The van der Waals surface area contributed by atoms with E-state index in [1.807, 2.05) is 19.9 Å². The molecule has 0 aliphatic carbocycles. The molecule has 0 atom stereocenters. The third kappa shape index (κ3) is 3.54. The Kier molecular flexibility index (Phi) is 6.77. The molecule has 0 radical (unpaired) electrons. The van der Waals surface area contributed by atoms with Crippen molar-refractivity contribution in [3.8, 4) is 0 Å². The second kappa shape index (κ2) is 7.28. The molecule has 0 saturated heterocycles. The predicted molar refractivity (Wildman–Crippen MR) is 71.3 cm³/mol. The van der Waals surface area contributed by atoms with Crippen molar-refractivity contribution in [2.45, 2.75) is 47.0 Å². The van der Waals surface area contributed by atoms with Crippen molar-refractivity contribution >= 4 is 6.08 Å². The van der Waals surface area contributed by atoms with Crippen molar-refractivity contribution in [2.75, 3.05) is 0 Å². The summed E-state index contributed by atoms with van der Waals surface area (Å²) in [4.78, 5) is 0. The lowest BCUT2D eigenvalue weighted by molar-refractivity contribution is 0.859. The van der Waals surface area contributed by atoms with E-state index >= 15 is 0 Å². The number of aryl methyl sites for hydroxylation is 1. The highest BCUT2D eigenvalue weighted by Gasteiger charge is 2.06. The van der Waals surface area contributed by atoms with E-state index in [1.54, 1.807) is 0 Å². The van der Waals surface area contributed by atoms with E-state index in [4.69, 9.17) is 0 Å². The summed E-state index contributed by atoms with van der Waals surface area (Å²) in [5, 5.41) is 0. The van der Waals surface area contributed by atoms with E-state index in [-0.39, 0.29) is 0 Å². The van der Waals surface area contributed by atoms with Gasteiger partial charge in [-0.25, -0.2) is 0 Å². The maximum absolute atomic E-state index is 3.88. The summed E-state index contributed by atoms with van der Waals surface area (Å²) in [6.07, 6.45) is 3.07. The molecule has 0 aliphatic heterocycles. The zero-order valence-corrected chi connectivity index (χ0v) is 10.8. The van der Waals surface area contributed by atoms with E-state index in [2.05, 4.69) is 45.5 Å². The molecule has 1 aromatic carbocycles. The van der Waals surface area contributed by atoms with Crippen LogP contribution in [0.5, 0.6) is 0 Å². The average Bonchev–Trinajstić information content (AvgIpc) is 2.30. The highest BCUT2D eigenvalue weighted by atomic mass is 14.1. The molecular weight excluding hydrogens is 180 g/mol. The Labute approximate surface area is 95.0 Å². The smallest absolute Gasteiger partial charge is 0.0196 e. The Morgan fingerprint density at radius 1 is 1.27 bits per heavy atom. The van der Waals surface area contributed by atoms with E-state index < -0.39 is 0 Å². The monoisotopic (exact) mass is 204 g/mol. The van der Waals surface area contributed by atoms with Crippen LogP contribution in [-0.4, -0.2) is 0 Å². The molecule has 0 unspecified atom stereocenters. The van der Waals surface area contributed by atoms with Gasteiger partial charge in [0.05, 0.1) is 0 Å². The van der Waals surface area contributed by atoms with E-state index in [0.29, 0.717) is 5.92 Å². The van der Waals surface area contributed by atoms with Gasteiger partial charge in [-0.15, -0.1) is 0 Å². The Morgan fingerprint density at radius 2 is 1.87 bits per heavy atom. The fourth-order valence-electron chi connectivity index (χ4n) is 1.69. The van der Waals surface area contributed by atoms with Gasteiger partial charge in [-0.2, -0.15) is 0 Å². The maximum atomic E-state index is 3.88. The van der Waals surface area contributed by atoms with Crippen molar-refractivity contribution in [1.29, 1.82) is 0 Å². The van der Waals surface area contributed by atoms with Crippen molar-refractivity contribution in [3.63, 3.8) is 0 Å². The van der Waals surface area contributed by atoms with Gasteiger partial charge in [0.1, 0.15) is 0 Å². The molecule has 0 amide bonds. The summed E-state index contributed by atoms with van der Waals surface area (Å²) >= 11 is 0. The first-order valence-electron chi connectivity index (χ1n) is 5.94. The zero-order chi connectivity index (χ0) is 11.8. The van der Waals surface area contributed by atoms with Crippen LogP contribution in [-0.2, 0) is 6.42 Å². The lowest BCUT2D eigenvalue weighted by atomic mass is 9.92. The van der Waals surface area contributed by atoms with Crippen LogP contribution < -0.4 is 0 Å². The van der Waals surface area contributed by atoms with Gasteiger partial charge in [0, 0.05) is 0 Å². The molecule has 0 heteroatoms. The van der Waals surface area contributed by atoms with Gasteiger partial charge in [0.2, 0.25) is 0 Å². The van der Waals surface area contributed by atoms with Crippen molar-refractivity contribution < 1.29 is 0 Å². The molecule has 0 fully saturated rings. The maximum Gasteiger partial charge on any atom is -0.0196 e. The Bertz CT molecular complexity index is 295. The van der Waals surface area contributed by atoms with Gasteiger partial charge < -0.3 is 0 Å². The van der Waals surface area contributed by atoms with Gasteiger partial charge in [0.25, 0.3) is 0 Å². The highest BCUT2D eigenvalue weighted by Crippen LogP contribution is 2.23. The van der Waals surface area contributed by atoms with E-state index in [9.17, 15) is 0 Å². The second-order valence-corrected chi connectivity index (χ2v) is 3.63. The minimum Gasteiger partial charge on any atom is -0.0984 e. The number of hydrogen-bond acceptors (Lipinski definition) is 0. The van der Waals surface area contributed by atoms with Gasteiger partial charge in [-0.1, -0.05) is 65.5 Å². The zero-order valence-electron chi connectivity index (χ0n) is 10.8. The van der Waals surface area contributed by atoms with Gasteiger partial charge >= 0.3 is 0 Å². The first-order chi connectivity index (χ1) is 7.20. The molecule has 84 valence electrons.